The number of aliphatic imine (C=N–C) groups is 1. The number of likely N-dealkylation sites (tertiary alicyclic amines) is 1. The molecule has 3 nitrogen and oxygen atoms in total. The average Bonchev–Trinajstić information content (AvgIpc) is 3.36. The summed E-state index contributed by atoms with van der Waals surface area (Å²) in [4.78, 5) is 7.55. The minimum absolute atomic E-state index is 0.180. The zero-order valence-corrected chi connectivity index (χ0v) is 19.6. The molecule has 0 spiro atoms. The summed E-state index contributed by atoms with van der Waals surface area (Å²) in [6.45, 7) is 4.25. The molecule has 3 aliphatic rings. The lowest BCUT2D eigenvalue weighted by Crippen LogP contribution is -2.35. The molecule has 172 valence electrons. The maximum atomic E-state index is 5.97. The SMILES string of the molecule is C1=CC(C(CCN2CCC(CC3=NC(c4ccccc4)CO3)CC2)c2ccccc2)=CCC1. The normalized spacial score (nSPS) is 22.5. The predicted molar refractivity (Wildman–Crippen MR) is 137 cm³/mol. The molecule has 3 heteroatoms. The quantitative estimate of drug-likeness (QED) is 0.456. The molecule has 1 fully saturated rings. The van der Waals surface area contributed by atoms with Crippen LogP contribution in [0, 0.1) is 5.92 Å². The highest BCUT2D eigenvalue weighted by atomic mass is 16.5. The summed E-state index contributed by atoms with van der Waals surface area (Å²) in [6.07, 6.45) is 14.2. The summed E-state index contributed by atoms with van der Waals surface area (Å²) in [5.74, 6) is 2.18. The van der Waals surface area contributed by atoms with Crippen molar-refractivity contribution in [3.05, 3.63) is 95.6 Å². The molecule has 2 heterocycles. The molecule has 2 atom stereocenters. The first-order valence-electron chi connectivity index (χ1n) is 12.7. The van der Waals surface area contributed by atoms with Gasteiger partial charge in [0.15, 0.2) is 5.90 Å². The van der Waals surface area contributed by atoms with E-state index in [1.807, 2.05) is 0 Å². The van der Waals surface area contributed by atoms with Crippen LogP contribution in [0.25, 0.3) is 0 Å². The number of benzene rings is 2. The van der Waals surface area contributed by atoms with Crippen molar-refractivity contribution in [1.29, 1.82) is 0 Å². The molecule has 33 heavy (non-hydrogen) atoms. The Kier molecular flexibility index (Phi) is 7.37. The van der Waals surface area contributed by atoms with Crippen LogP contribution < -0.4 is 0 Å². The molecule has 2 aromatic rings. The van der Waals surface area contributed by atoms with Crippen molar-refractivity contribution in [2.75, 3.05) is 26.2 Å². The second-order valence-electron chi connectivity index (χ2n) is 9.69. The number of ether oxygens (including phenoxy) is 1. The summed E-state index contributed by atoms with van der Waals surface area (Å²) in [5.41, 5.74) is 4.22. The van der Waals surface area contributed by atoms with Gasteiger partial charge in [-0.1, -0.05) is 78.9 Å². The van der Waals surface area contributed by atoms with Crippen LogP contribution in [-0.4, -0.2) is 37.0 Å². The Hall–Kier alpha value is -2.65. The van der Waals surface area contributed by atoms with Crippen LogP contribution in [-0.2, 0) is 4.74 Å². The van der Waals surface area contributed by atoms with E-state index in [2.05, 4.69) is 83.8 Å². The fourth-order valence-electron chi connectivity index (χ4n) is 5.46. The third-order valence-electron chi connectivity index (χ3n) is 7.42. The van der Waals surface area contributed by atoms with Crippen molar-refractivity contribution in [2.45, 2.75) is 50.5 Å². The van der Waals surface area contributed by atoms with Crippen LogP contribution in [0.15, 0.2) is 89.5 Å². The standard InChI is InChI=1S/C30H36N2O/c1-4-10-25(11-5-1)28(26-12-6-2-7-13-26)18-21-32-19-16-24(17-20-32)22-30-31-29(23-33-30)27-14-8-3-9-15-27/h1,3-6,8-15,24,28-29H,2,7,16-23H2. The van der Waals surface area contributed by atoms with E-state index in [1.165, 1.54) is 68.4 Å². The Morgan fingerprint density at radius 1 is 0.939 bits per heavy atom. The van der Waals surface area contributed by atoms with Gasteiger partial charge in [-0.05, 0) is 74.4 Å². The van der Waals surface area contributed by atoms with Crippen molar-refractivity contribution in [2.24, 2.45) is 10.9 Å². The van der Waals surface area contributed by atoms with E-state index < -0.39 is 0 Å². The number of allylic oxidation sites excluding steroid dienone is 4. The Bertz CT molecular complexity index is 971. The molecule has 1 saturated heterocycles. The van der Waals surface area contributed by atoms with Gasteiger partial charge < -0.3 is 9.64 Å². The van der Waals surface area contributed by atoms with Crippen LogP contribution in [0.5, 0.6) is 0 Å². The molecule has 1 aliphatic carbocycles. The van der Waals surface area contributed by atoms with Gasteiger partial charge in [-0.25, -0.2) is 4.99 Å². The topological polar surface area (TPSA) is 24.8 Å². The van der Waals surface area contributed by atoms with E-state index in [0.717, 1.165) is 12.3 Å². The molecule has 0 amide bonds. The van der Waals surface area contributed by atoms with Gasteiger partial charge >= 0.3 is 0 Å². The molecule has 5 rings (SSSR count). The monoisotopic (exact) mass is 440 g/mol. The Labute approximate surface area is 198 Å². The first-order valence-corrected chi connectivity index (χ1v) is 12.7. The zero-order valence-electron chi connectivity index (χ0n) is 19.6. The second kappa shape index (κ2) is 11.0. The largest absolute Gasteiger partial charge is 0.478 e. The Balaban J connectivity index is 1.11. The minimum atomic E-state index is 0.180. The van der Waals surface area contributed by atoms with E-state index in [0.29, 0.717) is 18.4 Å². The van der Waals surface area contributed by atoms with Crippen LogP contribution in [0.1, 0.15) is 61.6 Å². The second-order valence-corrected chi connectivity index (χ2v) is 9.69. The summed E-state index contributed by atoms with van der Waals surface area (Å²) >= 11 is 0. The van der Waals surface area contributed by atoms with Crippen molar-refractivity contribution < 1.29 is 4.74 Å². The molecule has 0 N–H and O–H groups in total. The number of rotatable bonds is 8. The van der Waals surface area contributed by atoms with Crippen LogP contribution in [0.2, 0.25) is 0 Å². The smallest absolute Gasteiger partial charge is 0.184 e. The number of piperidine rings is 1. The van der Waals surface area contributed by atoms with E-state index in [-0.39, 0.29) is 6.04 Å². The summed E-state index contributed by atoms with van der Waals surface area (Å²) < 4.78 is 5.97. The molecule has 2 aliphatic heterocycles. The lowest BCUT2D eigenvalue weighted by atomic mass is 9.85. The van der Waals surface area contributed by atoms with Crippen LogP contribution in [0.3, 0.4) is 0 Å². The Morgan fingerprint density at radius 2 is 1.70 bits per heavy atom. The number of hydrogen-bond donors (Lipinski definition) is 0. The van der Waals surface area contributed by atoms with Gasteiger partial charge in [0, 0.05) is 12.3 Å². The average molecular weight is 441 g/mol. The lowest BCUT2D eigenvalue weighted by molar-refractivity contribution is 0.179. The molecule has 0 bridgehead atoms. The molecular formula is C30H36N2O. The molecule has 2 aromatic carbocycles. The first kappa shape index (κ1) is 22.2. The van der Waals surface area contributed by atoms with Crippen LogP contribution in [0.4, 0.5) is 0 Å². The molecule has 0 saturated carbocycles. The highest BCUT2D eigenvalue weighted by Crippen LogP contribution is 2.33. The zero-order chi connectivity index (χ0) is 22.3. The van der Waals surface area contributed by atoms with Gasteiger partial charge in [-0.15, -0.1) is 0 Å². The van der Waals surface area contributed by atoms with Crippen molar-refractivity contribution in [1.82, 2.24) is 4.90 Å². The molecule has 2 unspecified atom stereocenters. The van der Waals surface area contributed by atoms with Gasteiger partial charge in [-0.3, -0.25) is 0 Å². The molecule has 0 radical (unpaired) electrons. The van der Waals surface area contributed by atoms with Crippen molar-refractivity contribution in [3.63, 3.8) is 0 Å². The van der Waals surface area contributed by atoms with E-state index >= 15 is 0 Å². The summed E-state index contributed by atoms with van der Waals surface area (Å²) in [6, 6.07) is 21.8. The van der Waals surface area contributed by atoms with Crippen molar-refractivity contribution >= 4 is 5.90 Å². The number of hydrogen-bond acceptors (Lipinski definition) is 3. The first-order chi connectivity index (χ1) is 16.3. The van der Waals surface area contributed by atoms with Crippen LogP contribution >= 0.6 is 0 Å². The van der Waals surface area contributed by atoms with Gasteiger partial charge in [0.1, 0.15) is 12.6 Å². The van der Waals surface area contributed by atoms with E-state index in [4.69, 9.17) is 9.73 Å². The van der Waals surface area contributed by atoms with Gasteiger partial charge in [0.05, 0.1) is 0 Å². The third-order valence-corrected chi connectivity index (χ3v) is 7.42. The van der Waals surface area contributed by atoms with Gasteiger partial charge in [0.25, 0.3) is 0 Å². The molecule has 0 aromatic heterocycles. The fraction of sp³-hybridized carbons (Fsp3) is 0.433. The minimum Gasteiger partial charge on any atom is -0.478 e. The maximum Gasteiger partial charge on any atom is 0.184 e. The van der Waals surface area contributed by atoms with Crippen molar-refractivity contribution in [3.8, 4) is 0 Å². The third kappa shape index (κ3) is 5.83. The maximum absolute atomic E-state index is 5.97. The fourth-order valence-corrected chi connectivity index (χ4v) is 5.46. The van der Waals surface area contributed by atoms with E-state index in [1.54, 1.807) is 0 Å². The number of nitrogens with zero attached hydrogens (tertiary/aromatic N) is 2. The highest BCUT2D eigenvalue weighted by Gasteiger charge is 2.26. The van der Waals surface area contributed by atoms with Gasteiger partial charge in [0.2, 0.25) is 0 Å². The summed E-state index contributed by atoms with van der Waals surface area (Å²) in [7, 11) is 0. The summed E-state index contributed by atoms with van der Waals surface area (Å²) in [5, 5.41) is 0. The predicted octanol–water partition coefficient (Wildman–Crippen LogP) is 6.71. The highest BCUT2D eigenvalue weighted by molar-refractivity contribution is 5.78. The van der Waals surface area contributed by atoms with E-state index in [9.17, 15) is 0 Å². The lowest BCUT2D eigenvalue weighted by Gasteiger charge is -2.33. The van der Waals surface area contributed by atoms with Gasteiger partial charge in [-0.2, -0.15) is 0 Å². The Morgan fingerprint density at radius 3 is 2.42 bits per heavy atom. The molecular weight excluding hydrogens is 404 g/mol.